The summed E-state index contributed by atoms with van der Waals surface area (Å²) in [5, 5.41) is 3.04. The lowest BCUT2D eigenvalue weighted by Crippen LogP contribution is -2.48. The third kappa shape index (κ3) is 7.13. The maximum atomic E-state index is 13.8. The van der Waals surface area contributed by atoms with E-state index in [0.29, 0.717) is 50.1 Å². The van der Waals surface area contributed by atoms with Crippen molar-refractivity contribution in [2.24, 2.45) is 0 Å². The number of carbonyl (C=O) groups excluding carboxylic acids is 2. The number of nitrogens with one attached hydrogen (secondary N) is 1. The Kier molecular flexibility index (Phi) is 9.20. The van der Waals surface area contributed by atoms with E-state index in [9.17, 15) is 9.59 Å². The predicted octanol–water partition coefficient (Wildman–Crippen LogP) is 3.97. The molecule has 40 heavy (non-hydrogen) atoms. The van der Waals surface area contributed by atoms with Crippen LogP contribution in [0.2, 0.25) is 0 Å². The third-order valence-electron chi connectivity index (χ3n) is 7.13. The highest BCUT2D eigenvalue weighted by molar-refractivity contribution is 5.93. The zero-order valence-corrected chi connectivity index (χ0v) is 22.8. The largest absolute Gasteiger partial charge is 0.467 e. The van der Waals surface area contributed by atoms with Gasteiger partial charge in [0.15, 0.2) is 11.5 Å². The second-order valence-corrected chi connectivity index (χ2v) is 9.83. The molecule has 0 unspecified atom stereocenters. The minimum atomic E-state index is -0.302. The zero-order chi connectivity index (χ0) is 27.7. The van der Waals surface area contributed by atoms with Crippen LogP contribution in [0, 0.1) is 0 Å². The van der Waals surface area contributed by atoms with E-state index in [2.05, 4.69) is 10.2 Å². The van der Waals surface area contributed by atoms with Crippen LogP contribution in [0.25, 0.3) is 0 Å². The van der Waals surface area contributed by atoms with Crippen molar-refractivity contribution in [2.75, 3.05) is 58.0 Å². The number of para-hydroxylation sites is 1. The molecule has 212 valence electrons. The molecule has 2 aliphatic heterocycles. The fourth-order valence-corrected chi connectivity index (χ4v) is 4.83. The Morgan fingerprint density at radius 3 is 2.58 bits per heavy atom. The van der Waals surface area contributed by atoms with Gasteiger partial charge in [-0.1, -0.05) is 31.2 Å². The van der Waals surface area contributed by atoms with Crippen LogP contribution in [0.15, 0.2) is 65.3 Å². The highest BCUT2D eigenvalue weighted by Gasteiger charge is 2.25. The Hall–Kier alpha value is -4.02. The summed E-state index contributed by atoms with van der Waals surface area (Å²) in [6, 6.07) is 16.7. The van der Waals surface area contributed by atoms with Gasteiger partial charge < -0.3 is 33.7 Å². The summed E-state index contributed by atoms with van der Waals surface area (Å²) in [4.78, 5) is 32.9. The van der Waals surface area contributed by atoms with Gasteiger partial charge in [-0.3, -0.25) is 9.69 Å². The van der Waals surface area contributed by atoms with E-state index >= 15 is 0 Å². The fraction of sp³-hybridized carbons (Fsp3) is 0.400. The molecule has 0 spiro atoms. The molecule has 1 aromatic heterocycles. The van der Waals surface area contributed by atoms with Gasteiger partial charge in [0.25, 0.3) is 0 Å². The van der Waals surface area contributed by atoms with Crippen molar-refractivity contribution >= 4 is 17.6 Å². The van der Waals surface area contributed by atoms with Gasteiger partial charge in [0.05, 0.1) is 26.0 Å². The standard InChI is InChI=1S/C30H36N4O6/c1-2-24-6-3-4-8-26(24)31-30(36)33(12-11-32-13-16-37-17-14-32)21-29(35)34(20-25-7-5-15-38-25)19-23-9-10-27-28(18-23)40-22-39-27/h3-10,15,18H,2,11-14,16-17,19-22H2,1H3,(H,31,36). The average Bonchev–Trinajstić information content (AvgIpc) is 3.67. The van der Waals surface area contributed by atoms with Crippen LogP contribution in [-0.4, -0.2) is 79.4 Å². The van der Waals surface area contributed by atoms with Gasteiger partial charge in [-0.15, -0.1) is 0 Å². The van der Waals surface area contributed by atoms with Crippen molar-refractivity contribution in [1.29, 1.82) is 0 Å². The number of urea groups is 1. The van der Waals surface area contributed by atoms with Crippen molar-refractivity contribution in [3.63, 3.8) is 0 Å². The van der Waals surface area contributed by atoms with E-state index in [1.54, 1.807) is 22.1 Å². The summed E-state index contributed by atoms with van der Waals surface area (Å²) < 4.78 is 22.0. The molecule has 3 amide bonds. The third-order valence-corrected chi connectivity index (χ3v) is 7.13. The SMILES string of the molecule is CCc1ccccc1NC(=O)N(CCN1CCOCC1)CC(=O)N(Cc1ccc2c(c1)OCO2)Cc1ccco1. The summed E-state index contributed by atoms with van der Waals surface area (Å²) in [6.07, 6.45) is 2.38. The fourth-order valence-electron chi connectivity index (χ4n) is 4.83. The zero-order valence-electron chi connectivity index (χ0n) is 22.8. The molecule has 1 saturated heterocycles. The Labute approximate surface area is 234 Å². The van der Waals surface area contributed by atoms with E-state index in [0.717, 1.165) is 36.3 Å². The van der Waals surface area contributed by atoms with Gasteiger partial charge in [0.1, 0.15) is 12.3 Å². The molecule has 1 N–H and O–H groups in total. The molecule has 2 aliphatic rings. The molecule has 3 heterocycles. The second-order valence-electron chi connectivity index (χ2n) is 9.83. The number of amides is 3. The van der Waals surface area contributed by atoms with Crippen molar-refractivity contribution in [2.45, 2.75) is 26.4 Å². The van der Waals surface area contributed by atoms with E-state index in [1.807, 2.05) is 55.5 Å². The Balaban J connectivity index is 1.33. The second kappa shape index (κ2) is 13.4. The average molecular weight is 549 g/mol. The van der Waals surface area contributed by atoms with E-state index < -0.39 is 0 Å². The molecular formula is C30H36N4O6. The maximum Gasteiger partial charge on any atom is 0.322 e. The number of nitrogens with zero attached hydrogens (tertiary/aromatic N) is 3. The number of aryl methyl sites for hydroxylation is 1. The quantitative estimate of drug-likeness (QED) is 0.387. The van der Waals surface area contributed by atoms with Crippen LogP contribution in [0.1, 0.15) is 23.8 Å². The number of fused-ring (bicyclic) bond motifs is 1. The summed E-state index contributed by atoms with van der Waals surface area (Å²) >= 11 is 0. The van der Waals surface area contributed by atoms with Crippen molar-refractivity contribution in [3.8, 4) is 11.5 Å². The predicted molar refractivity (Wildman–Crippen MR) is 149 cm³/mol. The molecule has 0 bridgehead atoms. The highest BCUT2D eigenvalue weighted by atomic mass is 16.7. The number of morpholine rings is 1. The molecule has 10 heteroatoms. The summed E-state index contributed by atoms with van der Waals surface area (Å²) in [6.45, 7) is 6.76. The molecular weight excluding hydrogens is 512 g/mol. The minimum absolute atomic E-state index is 0.0737. The van der Waals surface area contributed by atoms with Gasteiger partial charge in [-0.05, 0) is 47.9 Å². The number of furan rings is 1. The normalized spacial score (nSPS) is 14.6. The number of hydrogen-bond acceptors (Lipinski definition) is 7. The molecule has 0 radical (unpaired) electrons. The molecule has 0 saturated carbocycles. The first-order valence-electron chi connectivity index (χ1n) is 13.7. The molecule has 3 aromatic rings. The monoisotopic (exact) mass is 548 g/mol. The number of rotatable bonds is 11. The van der Waals surface area contributed by atoms with Crippen molar-refractivity contribution in [3.05, 3.63) is 77.7 Å². The summed E-state index contributed by atoms with van der Waals surface area (Å²) in [7, 11) is 0. The number of benzene rings is 2. The first-order valence-corrected chi connectivity index (χ1v) is 13.7. The van der Waals surface area contributed by atoms with Crippen LogP contribution in [0.5, 0.6) is 11.5 Å². The van der Waals surface area contributed by atoms with Gasteiger partial charge in [0.2, 0.25) is 12.7 Å². The molecule has 5 rings (SSSR count). The smallest absolute Gasteiger partial charge is 0.322 e. The molecule has 1 fully saturated rings. The number of anilines is 1. The number of hydrogen-bond donors (Lipinski definition) is 1. The van der Waals surface area contributed by atoms with Crippen LogP contribution < -0.4 is 14.8 Å². The molecule has 2 aromatic carbocycles. The Morgan fingerprint density at radius 1 is 0.950 bits per heavy atom. The first kappa shape index (κ1) is 27.5. The Bertz CT molecular complexity index is 1270. The van der Waals surface area contributed by atoms with Crippen LogP contribution >= 0.6 is 0 Å². The summed E-state index contributed by atoms with van der Waals surface area (Å²) in [5.41, 5.74) is 2.69. The molecule has 0 atom stereocenters. The van der Waals surface area contributed by atoms with Gasteiger partial charge in [-0.25, -0.2) is 4.79 Å². The van der Waals surface area contributed by atoms with E-state index in [-0.39, 0.29) is 31.8 Å². The highest BCUT2D eigenvalue weighted by Crippen LogP contribution is 2.33. The molecule has 0 aliphatic carbocycles. The Morgan fingerprint density at radius 2 is 1.77 bits per heavy atom. The van der Waals surface area contributed by atoms with Crippen molar-refractivity contribution < 1.29 is 28.2 Å². The van der Waals surface area contributed by atoms with E-state index in [1.165, 1.54) is 0 Å². The maximum absolute atomic E-state index is 13.8. The lowest BCUT2D eigenvalue weighted by Gasteiger charge is -2.31. The van der Waals surface area contributed by atoms with Gasteiger partial charge >= 0.3 is 6.03 Å². The summed E-state index contributed by atoms with van der Waals surface area (Å²) in [5.74, 6) is 1.82. The number of carbonyl (C=O) groups is 2. The van der Waals surface area contributed by atoms with E-state index in [4.69, 9.17) is 18.6 Å². The lowest BCUT2D eigenvalue weighted by molar-refractivity contribution is -0.133. The minimum Gasteiger partial charge on any atom is -0.467 e. The van der Waals surface area contributed by atoms with Crippen LogP contribution in [0.4, 0.5) is 10.5 Å². The number of ether oxygens (including phenoxy) is 3. The lowest BCUT2D eigenvalue weighted by atomic mass is 10.1. The topological polar surface area (TPSA) is 96.7 Å². The molecule has 10 nitrogen and oxygen atoms in total. The first-order chi connectivity index (χ1) is 19.6. The van der Waals surface area contributed by atoms with Crippen molar-refractivity contribution in [1.82, 2.24) is 14.7 Å². The van der Waals surface area contributed by atoms with Gasteiger partial charge in [-0.2, -0.15) is 0 Å². The van der Waals surface area contributed by atoms with Gasteiger partial charge in [0, 0.05) is 38.4 Å². The van der Waals surface area contributed by atoms with Crippen LogP contribution in [-0.2, 0) is 29.0 Å². The van der Waals surface area contributed by atoms with Crippen LogP contribution in [0.3, 0.4) is 0 Å².